The summed E-state index contributed by atoms with van der Waals surface area (Å²) in [6, 6.07) is 0. The predicted molar refractivity (Wildman–Crippen MR) is 70.9 cm³/mol. The Kier molecular flexibility index (Phi) is 5.36. The minimum absolute atomic E-state index is 0.0953. The first kappa shape index (κ1) is 14.1. The minimum atomic E-state index is -0.123. The van der Waals surface area contributed by atoms with Crippen molar-refractivity contribution in [3.63, 3.8) is 0 Å². The third-order valence-electron chi connectivity index (χ3n) is 3.30. The lowest BCUT2D eigenvalue weighted by atomic mass is 9.82. The summed E-state index contributed by atoms with van der Waals surface area (Å²) in [5.41, 5.74) is 1.15. The van der Waals surface area contributed by atoms with Gasteiger partial charge in [0.15, 0.2) is 0 Å². The summed E-state index contributed by atoms with van der Waals surface area (Å²) in [5, 5.41) is 10.0. The molecule has 0 saturated carbocycles. The van der Waals surface area contributed by atoms with Gasteiger partial charge in [-0.3, -0.25) is 0 Å². The summed E-state index contributed by atoms with van der Waals surface area (Å²) in [6.45, 7) is 6.44. The van der Waals surface area contributed by atoms with Gasteiger partial charge in [-0.1, -0.05) is 38.4 Å². The molecule has 1 rings (SSSR count). The summed E-state index contributed by atoms with van der Waals surface area (Å²) in [6.07, 6.45) is 4.91. The Morgan fingerprint density at radius 1 is 1.50 bits per heavy atom. The van der Waals surface area contributed by atoms with E-state index in [1.165, 1.54) is 0 Å². The van der Waals surface area contributed by atoms with E-state index in [0.29, 0.717) is 11.8 Å². The number of alkyl halides is 1. The average molecular weight is 263 g/mol. The van der Waals surface area contributed by atoms with Crippen molar-refractivity contribution in [2.24, 2.45) is 17.8 Å². The Labute approximate surface area is 108 Å². The van der Waals surface area contributed by atoms with Crippen molar-refractivity contribution in [3.05, 3.63) is 22.8 Å². The van der Waals surface area contributed by atoms with Crippen LogP contribution in [0, 0.1) is 17.8 Å². The Balaban J connectivity index is 2.86. The van der Waals surface area contributed by atoms with Crippen LogP contribution in [0.25, 0.3) is 0 Å². The molecule has 3 unspecified atom stereocenters. The minimum Gasteiger partial charge on any atom is -0.396 e. The lowest BCUT2D eigenvalue weighted by Crippen LogP contribution is -2.28. The number of hydrogen-bond donors (Lipinski definition) is 1. The number of rotatable bonds is 4. The maximum absolute atomic E-state index is 9.39. The monoisotopic (exact) mass is 262 g/mol. The molecule has 3 heteroatoms. The molecule has 1 aliphatic rings. The van der Waals surface area contributed by atoms with Crippen molar-refractivity contribution in [1.29, 1.82) is 0 Å². The molecule has 0 radical (unpaired) electrons. The molecule has 0 aliphatic heterocycles. The fourth-order valence-electron chi connectivity index (χ4n) is 2.03. The quantitative estimate of drug-likeness (QED) is 0.761. The molecule has 1 aliphatic carbocycles. The smallest absolute Gasteiger partial charge is 0.0604 e. The van der Waals surface area contributed by atoms with Gasteiger partial charge in [0.2, 0.25) is 0 Å². The highest BCUT2D eigenvalue weighted by Crippen LogP contribution is 2.35. The molecule has 0 amide bonds. The molecule has 0 heterocycles. The van der Waals surface area contributed by atoms with Crippen LogP contribution >= 0.6 is 23.2 Å². The average Bonchev–Trinajstić information content (AvgIpc) is 2.22. The molecule has 16 heavy (non-hydrogen) atoms. The molecule has 0 saturated heterocycles. The second-order valence-electron chi connectivity index (χ2n) is 4.86. The van der Waals surface area contributed by atoms with Gasteiger partial charge in [-0.15, -0.1) is 11.6 Å². The van der Waals surface area contributed by atoms with E-state index >= 15 is 0 Å². The van der Waals surface area contributed by atoms with E-state index in [2.05, 4.69) is 20.8 Å². The van der Waals surface area contributed by atoms with Crippen LogP contribution < -0.4 is 0 Å². The van der Waals surface area contributed by atoms with E-state index in [9.17, 15) is 5.11 Å². The predicted octanol–water partition coefficient (Wildman–Crippen LogP) is 3.95. The maximum atomic E-state index is 9.39. The van der Waals surface area contributed by atoms with Gasteiger partial charge >= 0.3 is 0 Å². The van der Waals surface area contributed by atoms with Crippen LogP contribution in [0.5, 0.6) is 0 Å². The Bertz CT molecular complexity index is 294. The van der Waals surface area contributed by atoms with Crippen LogP contribution in [0.4, 0.5) is 0 Å². The van der Waals surface area contributed by atoms with E-state index in [4.69, 9.17) is 23.2 Å². The van der Waals surface area contributed by atoms with E-state index in [1.807, 2.05) is 12.2 Å². The second kappa shape index (κ2) is 6.09. The van der Waals surface area contributed by atoms with Crippen molar-refractivity contribution in [2.45, 2.75) is 32.6 Å². The molecular weight excluding hydrogens is 243 g/mol. The van der Waals surface area contributed by atoms with Crippen LogP contribution in [0.3, 0.4) is 0 Å². The van der Waals surface area contributed by atoms with E-state index in [-0.39, 0.29) is 17.9 Å². The highest BCUT2D eigenvalue weighted by atomic mass is 35.5. The first-order valence-corrected chi connectivity index (χ1v) is 6.60. The molecule has 0 fully saturated rings. The standard InChI is InChI=1S/C13H20Cl2O/c1-8(2)12(7-16)13(15)11-6-10(14)5-4-9(11)3/h5-6,8-9,12-13,16H,4,7H2,1-3H3. The zero-order chi connectivity index (χ0) is 12.3. The van der Waals surface area contributed by atoms with E-state index in [0.717, 1.165) is 17.0 Å². The number of halogens is 2. The number of aliphatic hydroxyl groups is 1. The zero-order valence-electron chi connectivity index (χ0n) is 10.1. The Morgan fingerprint density at radius 3 is 2.62 bits per heavy atom. The first-order chi connectivity index (χ1) is 7.47. The number of allylic oxidation sites excluding steroid dienone is 4. The van der Waals surface area contributed by atoms with Gasteiger partial charge in [0.05, 0.1) is 5.38 Å². The lowest BCUT2D eigenvalue weighted by molar-refractivity contribution is 0.189. The highest BCUT2D eigenvalue weighted by molar-refractivity contribution is 6.31. The number of aliphatic hydroxyl groups excluding tert-OH is 1. The summed E-state index contributed by atoms with van der Waals surface area (Å²) in [4.78, 5) is 0. The van der Waals surface area contributed by atoms with Crippen molar-refractivity contribution < 1.29 is 5.11 Å². The summed E-state index contributed by atoms with van der Waals surface area (Å²) < 4.78 is 0. The van der Waals surface area contributed by atoms with E-state index < -0.39 is 0 Å². The molecule has 0 spiro atoms. The number of hydrogen-bond acceptors (Lipinski definition) is 1. The summed E-state index contributed by atoms with van der Waals surface area (Å²) >= 11 is 12.5. The first-order valence-electron chi connectivity index (χ1n) is 5.79. The zero-order valence-corrected chi connectivity index (χ0v) is 11.6. The SMILES string of the molecule is CC1CC=C(Cl)C=C1C(Cl)C(CO)C(C)C. The van der Waals surface area contributed by atoms with Gasteiger partial charge in [0.1, 0.15) is 0 Å². The van der Waals surface area contributed by atoms with Crippen LogP contribution in [0.1, 0.15) is 27.2 Å². The summed E-state index contributed by atoms with van der Waals surface area (Å²) in [5.74, 6) is 0.876. The molecule has 0 bridgehead atoms. The van der Waals surface area contributed by atoms with Crippen molar-refractivity contribution in [1.82, 2.24) is 0 Å². The molecule has 92 valence electrons. The molecule has 3 atom stereocenters. The highest BCUT2D eigenvalue weighted by Gasteiger charge is 2.28. The molecule has 0 aromatic rings. The van der Waals surface area contributed by atoms with Crippen LogP contribution in [0.2, 0.25) is 0 Å². The maximum Gasteiger partial charge on any atom is 0.0604 e. The third-order valence-corrected chi connectivity index (χ3v) is 4.14. The van der Waals surface area contributed by atoms with E-state index in [1.54, 1.807) is 0 Å². The Morgan fingerprint density at radius 2 is 2.12 bits per heavy atom. The van der Waals surface area contributed by atoms with Gasteiger partial charge in [0.25, 0.3) is 0 Å². The van der Waals surface area contributed by atoms with Gasteiger partial charge in [-0.05, 0) is 29.9 Å². The molecule has 1 N–H and O–H groups in total. The normalized spacial score (nSPS) is 25.1. The third kappa shape index (κ3) is 3.26. The van der Waals surface area contributed by atoms with Crippen molar-refractivity contribution in [3.8, 4) is 0 Å². The molecular formula is C13H20Cl2O. The van der Waals surface area contributed by atoms with Crippen LogP contribution in [-0.4, -0.2) is 17.1 Å². The largest absolute Gasteiger partial charge is 0.396 e. The summed E-state index contributed by atoms with van der Waals surface area (Å²) in [7, 11) is 0. The molecule has 0 aromatic carbocycles. The lowest BCUT2D eigenvalue weighted by Gasteiger charge is -2.30. The second-order valence-corrected chi connectivity index (χ2v) is 5.77. The molecule has 0 aromatic heterocycles. The van der Waals surface area contributed by atoms with Crippen molar-refractivity contribution in [2.75, 3.05) is 6.61 Å². The van der Waals surface area contributed by atoms with Gasteiger partial charge in [-0.2, -0.15) is 0 Å². The van der Waals surface area contributed by atoms with Gasteiger partial charge < -0.3 is 5.11 Å². The van der Waals surface area contributed by atoms with Crippen molar-refractivity contribution >= 4 is 23.2 Å². The van der Waals surface area contributed by atoms with Crippen LogP contribution in [0.15, 0.2) is 22.8 Å². The van der Waals surface area contributed by atoms with Gasteiger partial charge in [0, 0.05) is 17.6 Å². The van der Waals surface area contributed by atoms with Gasteiger partial charge in [-0.25, -0.2) is 0 Å². The fourth-order valence-corrected chi connectivity index (χ4v) is 2.89. The fraction of sp³-hybridized carbons (Fsp3) is 0.692. The van der Waals surface area contributed by atoms with Crippen LogP contribution in [-0.2, 0) is 0 Å². The molecule has 1 nitrogen and oxygen atoms in total. The Hall–Kier alpha value is 0.0200. The topological polar surface area (TPSA) is 20.2 Å².